The maximum Gasteiger partial charge on any atom is 0.390 e. The Bertz CT molecular complexity index is 249. The first-order chi connectivity index (χ1) is 8.56. The summed E-state index contributed by atoms with van der Waals surface area (Å²) < 4.78 is 36.4. The van der Waals surface area contributed by atoms with Crippen molar-refractivity contribution >= 4 is 0 Å². The Kier molecular flexibility index (Phi) is 4.90. The first-order valence-corrected chi connectivity index (χ1v) is 7.10. The second-order valence-electron chi connectivity index (χ2n) is 5.58. The molecule has 5 heteroatoms. The van der Waals surface area contributed by atoms with Gasteiger partial charge in [0.25, 0.3) is 0 Å². The van der Waals surface area contributed by atoms with Crippen molar-refractivity contribution < 1.29 is 13.2 Å². The van der Waals surface area contributed by atoms with E-state index in [4.69, 9.17) is 0 Å². The van der Waals surface area contributed by atoms with Crippen LogP contribution in [0.2, 0.25) is 0 Å². The standard InChI is InChI=1S/C13H23F3N2/c14-13(15,16)7-9-18-12-6-3-4-10(12)11-5-1-2-8-17-11/h10-12,17-18H,1-9H2. The van der Waals surface area contributed by atoms with Crippen LogP contribution in [0.25, 0.3) is 0 Å². The molecule has 18 heavy (non-hydrogen) atoms. The van der Waals surface area contributed by atoms with Crippen molar-refractivity contribution in [1.82, 2.24) is 10.6 Å². The van der Waals surface area contributed by atoms with Crippen LogP contribution in [-0.4, -0.2) is 31.3 Å². The summed E-state index contributed by atoms with van der Waals surface area (Å²) in [4.78, 5) is 0. The van der Waals surface area contributed by atoms with E-state index in [2.05, 4.69) is 10.6 Å². The predicted molar refractivity (Wildman–Crippen MR) is 65.4 cm³/mol. The molecule has 2 rings (SSSR count). The van der Waals surface area contributed by atoms with E-state index in [1.165, 1.54) is 19.3 Å². The summed E-state index contributed by atoms with van der Waals surface area (Å²) >= 11 is 0. The highest BCUT2D eigenvalue weighted by Gasteiger charge is 2.34. The fraction of sp³-hybridized carbons (Fsp3) is 1.00. The largest absolute Gasteiger partial charge is 0.390 e. The third-order valence-electron chi connectivity index (χ3n) is 4.25. The van der Waals surface area contributed by atoms with Crippen LogP contribution >= 0.6 is 0 Å². The SMILES string of the molecule is FC(F)(F)CCNC1CCCC1C1CCCCN1. The summed E-state index contributed by atoms with van der Waals surface area (Å²) in [5.41, 5.74) is 0. The summed E-state index contributed by atoms with van der Waals surface area (Å²) in [6.07, 6.45) is 2.24. The van der Waals surface area contributed by atoms with Gasteiger partial charge in [-0.25, -0.2) is 0 Å². The normalized spacial score (nSPS) is 33.8. The van der Waals surface area contributed by atoms with Gasteiger partial charge in [-0.05, 0) is 38.1 Å². The Labute approximate surface area is 107 Å². The monoisotopic (exact) mass is 264 g/mol. The summed E-state index contributed by atoms with van der Waals surface area (Å²) in [6, 6.07) is 0.799. The second kappa shape index (κ2) is 6.24. The molecule has 1 heterocycles. The molecule has 2 aliphatic rings. The third kappa shape index (κ3) is 4.12. The van der Waals surface area contributed by atoms with Gasteiger partial charge in [0.15, 0.2) is 0 Å². The van der Waals surface area contributed by atoms with Gasteiger partial charge < -0.3 is 10.6 Å². The maximum absolute atomic E-state index is 12.1. The Hall–Kier alpha value is -0.290. The van der Waals surface area contributed by atoms with Gasteiger partial charge in [-0.15, -0.1) is 0 Å². The van der Waals surface area contributed by atoms with Crippen LogP contribution in [0.4, 0.5) is 13.2 Å². The summed E-state index contributed by atoms with van der Waals surface area (Å²) in [5.74, 6) is 0.526. The zero-order chi connectivity index (χ0) is 13.0. The van der Waals surface area contributed by atoms with Gasteiger partial charge in [-0.1, -0.05) is 12.8 Å². The van der Waals surface area contributed by atoms with Crippen LogP contribution in [0.3, 0.4) is 0 Å². The number of hydrogen-bond acceptors (Lipinski definition) is 2. The molecule has 0 aromatic heterocycles. The van der Waals surface area contributed by atoms with Crippen molar-refractivity contribution in [3.05, 3.63) is 0 Å². The number of rotatable bonds is 4. The molecule has 0 aromatic carbocycles. The molecule has 2 nitrogen and oxygen atoms in total. The van der Waals surface area contributed by atoms with Crippen LogP contribution in [0.5, 0.6) is 0 Å². The molecule has 1 aliphatic heterocycles. The summed E-state index contributed by atoms with van der Waals surface area (Å²) in [7, 11) is 0. The van der Waals surface area contributed by atoms with Gasteiger partial charge in [-0.3, -0.25) is 0 Å². The van der Waals surface area contributed by atoms with E-state index in [0.29, 0.717) is 12.0 Å². The van der Waals surface area contributed by atoms with Crippen LogP contribution < -0.4 is 10.6 Å². The minimum Gasteiger partial charge on any atom is -0.314 e. The zero-order valence-corrected chi connectivity index (χ0v) is 10.7. The lowest BCUT2D eigenvalue weighted by atomic mass is 9.88. The van der Waals surface area contributed by atoms with Crippen molar-refractivity contribution in [3.8, 4) is 0 Å². The van der Waals surface area contributed by atoms with Gasteiger partial charge in [0, 0.05) is 18.6 Å². The molecular formula is C13H23F3N2. The smallest absolute Gasteiger partial charge is 0.314 e. The quantitative estimate of drug-likeness (QED) is 0.816. The van der Waals surface area contributed by atoms with Crippen molar-refractivity contribution in [2.24, 2.45) is 5.92 Å². The van der Waals surface area contributed by atoms with E-state index < -0.39 is 12.6 Å². The maximum atomic E-state index is 12.1. The number of halogens is 3. The summed E-state index contributed by atoms with van der Waals surface area (Å²) in [6.45, 7) is 1.13. The van der Waals surface area contributed by atoms with Crippen molar-refractivity contribution in [2.75, 3.05) is 13.1 Å². The van der Waals surface area contributed by atoms with Gasteiger partial charge in [0.2, 0.25) is 0 Å². The molecule has 1 aliphatic carbocycles. The highest BCUT2D eigenvalue weighted by molar-refractivity contribution is 4.92. The topological polar surface area (TPSA) is 24.1 Å². The fourth-order valence-corrected chi connectivity index (χ4v) is 3.37. The number of piperidine rings is 1. The van der Waals surface area contributed by atoms with Crippen molar-refractivity contribution in [1.29, 1.82) is 0 Å². The predicted octanol–water partition coefficient (Wildman–Crippen LogP) is 2.84. The minimum atomic E-state index is -4.04. The first kappa shape index (κ1) is 14.1. The third-order valence-corrected chi connectivity index (χ3v) is 4.25. The molecule has 0 aromatic rings. The molecular weight excluding hydrogens is 241 g/mol. The van der Waals surface area contributed by atoms with Gasteiger partial charge >= 0.3 is 6.18 Å². The fourth-order valence-electron chi connectivity index (χ4n) is 3.37. The van der Waals surface area contributed by atoms with Crippen molar-refractivity contribution in [3.63, 3.8) is 0 Å². The van der Waals surface area contributed by atoms with Crippen LogP contribution in [0.15, 0.2) is 0 Å². The highest BCUT2D eigenvalue weighted by atomic mass is 19.4. The number of nitrogens with one attached hydrogen (secondary N) is 2. The molecule has 1 saturated carbocycles. The number of alkyl halides is 3. The Balaban J connectivity index is 1.76. The van der Waals surface area contributed by atoms with E-state index in [-0.39, 0.29) is 12.6 Å². The van der Waals surface area contributed by atoms with Crippen LogP contribution in [0, 0.1) is 5.92 Å². The molecule has 0 bridgehead atoms. The van der Waals surface area contributed by atoms with E-state index in [9.17, 15) is 13.2 Å². The second-order valence-corrected chi connectivity index (χ2v) is 5.58. The molecule has 0 radical (unpaired) electrons. The summed E-state index contributed by atoms with van der Waals surface area (Å²) in [5, 5.41) is 6.66. The molecule has 106 valence electrons. The minimum absolute atomic E-state index is 0.0669. The van der Waals surface area contributed by atoms with Gasteiger partial charge in [0.1, 0.15) is 0 Å². The van der Waals surface area contributed by atoms with E-state index >= 15 is 0 Å². The lowest BCUT2D eigenvalue weighted by Crippen LogP contribution is -2.47. The Morgan fingerprint density at radius 1 is 1.06 bits per heavy atom. The molecule has 2 fully saturated rings. The van der Waals surface area contributed by atoms with Crippen molar-refractivity contribution in [2.45, 2.75) is 63.2 Å². The lowest BCUT2D eigenvalue weighted by molar-refractivity contribution is -0.133. The average molecular weight is 264 g/mol. The molecule has 0 amide bonds. The first-order valence-electron chi connectivity index (χ1n) is 7.10. The van der Waals surface area contributed by atoms with Crippen LogP contribution in [-0.2, 0) is 0 Å². The Morgan fingerprint density at radius 3 is 2.56 bits per heavy atom. The molecule has 3 unspecified atom stereocenters. The molecule has 1 saturated heterocycles. The Morgan fingerprint density at radius 2 is 1.89 bits per heavy atom. The highest BCUT2D eigenvalue weighted by Crippen LogP contribution is 2.32. The molecule has 2 N–H and O–H groups in total. The van der Waals surface area contributed by atoms with E-state index in [0.717, 1.165) is 25.8 Å². The lowest BCUT2D eigenvalue weighted by Gasteiger charge is -2.33. The average Bonchev–Trinajstić information content (AvgIpc) is 2.77. The van der Waals surface area contributed by atoms with Crippen LogP contribution in [0.1, 0.15) is 44.9 Å². The number of hydrogen-bond donors (Lipinski definition) is 2. The van der Waals surface area contributed by atoms with Gasteiger partial charge in [0.05, 0.1) is 6.42 Å². The zero-order valence-electron chi connectivity index (χ0n) is 10.7. The van der Waals surface area contributed by atoms with E-state index in [1.807, 2.05) is 0 Å². The van der Waals surface area contributed by atoms with E-state index in [1.54, 1.807) is 0 Å². The molecule has 0 spiro atoms. The van der Waals surface area contributed by atoms with Gasteiger partial charge in [-0.2, -0.15) is 13.2 Å². The molecule has 3 atom stereocenters.